The summed E-state index contributed by atoms with van der Waals surface area (Å²) in [6, 6.07) is 10.4. The number of nitrogens with zero attached hydrogens (tertiary/aromatic N) is 1. The van der Waals surface area contributed by atoms with Gasteiger partial charge in [0.2, 0.25) is 0 Å². The molecule has 0 N–H and O–H groups in total. The quantitative estimate of drug-likeness (QED) is 0.763. The van der Waals surface area contributed by atoms with Crippen molar-refractivity contribution in [3.05, 3.63) is 35.9 Å². The van der Waals surface area contributed by atoms with Crippen LogP contribution in [0.3, 0.4) is 0 Å². The molecule has 1 unspecified atom stereocenters. The van der Waals surface area contributed by atoms with Crippen molar-refractivity contribution in [2.24, 2.45) is 11.8 Å². The van der Waals surface area contributed by atoms with E-state index in [0.29, 0.717) is 12.5 Å². The van der Waals surface area contributed by atoms with Crippen LogP contribution < -0.4 is 0 Å². The lowest BCUT2D eigenvalue weighted by atomic mass is 9.94. The minimum absolute atomic E-state index is 0.0232. The van der Waals surface area contributed by atoms with Gasteiger partial charge in [-0.25, -0.2) is 0 Å². The van der Waals surface area contributed by atoms with Crippen molar-refractivity contribution < 1.29 is 9.53 Å². The molecule has 0 bridgehead atoms. The Labute approximate surface area is 115 Å². The number of ether oxygens (including phenoxy) is 1. The Kier molecular flexibility index (Phi) is 4.97. The van der Waals surface area contributed by atoms with E-state index in [9.17, 15) is 4.79 Å². The molecule has 1 heterocycles. The van der Waals surface area contributed by atoms with Crippen LogP contribution in [0.15, 0.2) is 30.3 Å². The second-order valence-corrected chi connectivity index (χ2v) is 5.21. The number of carbonyl (C=O) groups is 1. The van der Waals surface area contributed by atoms with Crippen LogP contribution in [0.5, 0.6) is 0 Å². The molecule has 3 nitrogen and oxygen atoms in total. The van der Waals surface area contributed by atoms with Gasteiger partial charge in [-0.15, -0.1) is 0 Å². The minimum atomic E-state index is -0.0232. The average molecular weight is 261 g/mol. The molecule has 1 aliphatic rings. The fourth-order valence-electron chi connectivity index (χ4n) is 2.86. The number of benzene rings is 1. The second kappa shape index (κ2) is 6.71. The monoisotopic (exact) mass is 261 g/mol. The van der Waals surface area contributed by atoms with Gasteiger partial charge >= 0.3 is 5.97 Å². The summed E-state index contributed by atoms with van der Waals surface area (Å²) in [7, 11) is 0. The highest BCUT2D eigenvalue weighted by molar-refractivity contribution is 5.73. The van der Waals surface area contributed by atoms with E-state index in [0.717, 1.165) is 26.1 Å². The van der Waals surface area contributed by atoms with Crippen molar-refractivity contribution in [3.8, 4) is 0 Å². The molecule has 19 heavy (non-hydrogen) atoms. The topological polar surface area (TPSA) is 29.5 Å². The van der Waals surface area contributed by atoms with E-state index >= 15 is 0 Å². The SMILES string of the molecule is CCOC(=O)[C@H]1CN(Cc2ccccc2)CC1CC. The van der Waals surface area contributed by atoms with Crippen LogP contribution in [0.4, 0.5) is 0 Å². The molecule has 1 saturated heterocycles. The third-order valence-electron chi connectivity index (χ3n) is 3.88. The van der Waals surface area contributed by atoms with Crippen LogP contribution in [0, 0.1) is 11.8 Å². The van der Waals surface area contributed by atoms with E-state index in [1.165, 1.54) is 5.56 Å². The molecule has 0 aromatic heterocycles. The first kappa shape index (κ1) is 14.1. The molecule has 2 rings (SSSR count). The first-order valence-corrected chi connectivity index (χ1v) is 7.17. The predicted molar refractivity (Wildman–Crippen MR) is 75.6 cm³/mol. The highest BCUT2D eigenvalue weighted by atomic mass is 16.5. The Morgan fingerprint density at radius 3 is 2.63 bits per heavy atom. The molecule has 0 radical (unpaired) electrons. The summed E-state index contributed by atoms with van der Waals surface area (Å²) in [5, 5.41) is 0. The molecular weight excluding hydrogens is 238 g/mol. The van der Waals surface area contributed by atoms with Crippen LogP contribution in [0.1, 0.15) is 25.8 Å². The van der Waals surface area contributed by atoms with Gasteiger partial charge in [0.1, 0.15) is 0 Å². The van der Waals surface area contributed by atoms with E-state index < -0.39 is 0 Å². The Morgan fingerprint density at radius 2 is 2.00 bits per heavy atom. The van der Waals surface area contributed by atoms with Gasteiger partial charge < -0.3 is 4.74 Å². The van der Waals surface area contributed by atoms with Gasteiger partial charge in [0, 0.05) is 19.6 Å². The molecular formula is C16H23NO2. The molecule has 0 spiro atoms. The van der Waals surface area contributed by atoms with E-state index in [2.05, 4.69) is 36.1 Å². The zero-order valence-corrected chi connectivity index (χ0v) is 11.8. The molecule has 104 valence electrons. The third kappa shape index (κ3) is 3.57. The number of likely N-dealkylation sites (tertiary alicyclic amines) is 1. The van der Waals surface area contributed by atoms with E-state index in [1.807, 2.05) is 13.0 Å². The maximum absolute atomic E-state index is 12.0. The summed E-state index contributed by atoms with van der Waals surface area (Å²) in [5.74, 6) is 0.460. The lowest BCUT2D eigenvalue weighted by Crippen LogP contribution is -2.25. The minimum Gasteiger partial charge on any atom is -0.466 e. The van der Waals surface area contributed by atoms with Crippen molar-refractivity contribution in [1.82, 2.24) is 4.90 Å². The number of carbonyl (C=O) groups excluding carboxylic acids is 1. The van der Waals surface area contributed by atoms with Crippen LogP contribution in [0.25, 0.3) is 0 Å². The van der Waals surface area contributed by atoms with Crippen molar-refractivity contribution in [1.29, 1.82) is 0 Å². The Bertz CT molecular complexity index is 404. The third-order valence-corrected chi connectivity index (χ3v) is 3.88. The highest BCUT2D eigenvalue weighted by Gasteiger charge is 2.37. The van der Waals surface area contributed by atoms with Crippen LogP contribution in [-0.2, 0) is 16.1 Å². The first-order chi connectivity index (χ1) is 9.24. The van der Waals surface area contributed by atoms with Crippen LogP contribution in [0.2, 0.25) is 0 Å². The molecule has 1 aromatic carbocycles. The van der Waals surface area contributed by atoms with Crippen molar-refractivity contribution in [2.75, 3.05) is 19.7 Å². The summed E-state index contributed by atoms with van der Waals surface area (Å²) in [4.78, 5) is 14.3. The van der Waals surface area contributed by atoms with Crippen LogP contribution in [-0.4, -0.2) is 30.6 Å². The van der Waals surface area contributed by atoms with E-state index in [1.54, 1.807) is 0 Å². The number of hydrogen-bond acceptors (Lipinski definition) is 3. The van der Waals surface area contributed by atoms with Gasteiger partial charge in [-0.3, -0.25) is 9.69 Å². The highest BCUT2D eigenvalue weighted by Crippen LogP contribution is 2.28. The summed E-state index contributed by atoms with van der Waals surface area (Å²) in [6.07, 6.45) is 1.04. The largest absolute Gasteiger partial charge is 0.466 e. The van der Waals surface area contributed by atoms with Gasteiger partial charge in [-0.2, -0.15) is 0 Å². The van der Waals surface area contributed by atoms with Crippen LogP contribution >= 0.6 is 0 Å². The van der Waals surface area contributed by atoms with E-state index in [-0.39, 0.29) is 11.9 Å². The number of rotatable bonds is 5. The fraction of sp³-hybridized carbons (Fsp3) is 0.562. The summed E-state index contributed by atoms with van der Waals surface area (Å²) in [6.45, 7) is 7.25. The molecule has 3 heteroatoms. The van der Waals surface area contributed by atoms with Gasteiger partial charge in [-0.05, 0) is 18.4 Å². The second-order valence-electron chi connectivity index (χ2n) is 5.21. The van der Waals surface area contributed by atoms with Crippen molar-refractivity contribution in [2.45, 2.75) is 26.8 Å². The number of esters is 1. The summed E-state index contributed by atoms with van der Waals surface area (Å²) in [5.41, 5.74) is 1.31. The molecule has 0 amide bonds. The molecule has 1 fully saturated rings. The number of hydrogen-bond donors (Lipinski definition) is 0. The maximum Gasteiger partial charge on any atom is 0.310 e. The van der Waals surface area contributed by atoms with Gasteiger partial charge in [0.25, 0.3) is 0 Å². The van der Waals surface area contributed by atoms with E-state index in [4.69, 9.17) is 4.74 Å². The predicted octanol–water partition coefficient (Wildman–Crippen LogP) is 2.71. The van der Waals surface area contributed by atoms with Crippen molar-refractivity contribution >= 4 is 5.97 Å². The van der Waals surface area contributed by atoms with Gasteiger partial charge in [0.05, 0.1) is 12.5 Å². The molecule has 2 atom stereocenters. The lowest BCUT2D eigenvalue weighted by molar-refractivity contribution is -0.148. The smallest absolute Gasteiger partial charge is 0.310 e. The maximum atomic E-state index is 12.0. The normalized spacial score (nSPS) is 23.5. The van der Waals surface area contributed by atoms with Gasteiger partial charge in [0.15, 0.2) is 0 Å². The summed E-state index contributed by atoms with van der Waals surface area (Å²) >= 11 is 0. The molecule has 0 saturated carbocycles. The Morgan fingerprint density at radius 1 is 1.26 bits per heavy atom. The molecule has 1 aliphatic heterocycles. The Balaban J connectivity index is 1.97. The molecule has 0 aliphatic carbocycles. The zero-order valence-electron chi connectivity index (χ0n) is 11.8. The average Bonchev–Trinajstić information content (AvgIpc) is 2.83. The zero-order chi connectivity index (χ0) is 13.7. The van der Waals surface area contributed by atoms with Crippen molar-refractivity contribution in [3.63, 3.8) is 0 Å². The lowest BCUT2D eigenvalue weighted by Gasteiger charge is -2.15. The fourth-order valence-corrected chi connectivity index (χ4v) is 2.86. The Hall–Kier alpha value is -1.35. The van der Waals surface area contributed by atoms with Gasteiger partial charge in [-0.1, -0.05) is 43.7 Å². The first-order valence-electron chi connectivity index (χ1n) is 7.17. The molecule has 1 aromatic rings. The standard InChI is InChI=1S/C16H23NO2/c1-3-14-11-17(10-13-8-6-5-7-9-13)12-15(14)16(18)19-4-2/h5-9,14-15H,3-4,10-12H2,1-2H3/t14?,15-/m0/s1. The summed E-state index contributed by atoms with van der Waals surface area (Å²) < 4.78 is 5.19.